The van der Waals surface area contributed by atoms with Crippen molar-refractivity contribution in [1.29, 1.82) is 0 Å². The van der Waals surface area contributed by atoms with Gasteiger partial charge in [0.25, 0.3) is 5.91 Å². The summed E-state index contributed by atoms with van der Waals surface area (Å²) in [5.41, 5.74) is 1.28. The standard InChI is InChI=1S/C24H27N3O4S/c1-3-26(4-2)32(30,31)19-12-13-22-20(14-19)21(15-23(28)25-22)24(29)27(18-10-11-18)16-17-8-6-5-7-9-17/h5-9,12-15,18H,3-4,10-11,16H2,1-2H3,(H,25,28). The first kappa shape index (κ1) is 22.2. The Morgan fingerprint density at radius 3 is 2.34 bits per heavy atom. The Balaban J connectivity index is 1.80. The van der Waals surface area contributed by atoms with E-state index in [1.54, 1.807) is 24.8 Å². The normalized spacial score (nSPS) is 14.1. The molecule has 0 unspecified atom stereocenters. The molecule has 8 heteroatoms. The fourth-order valence-corrected chi connectivity index (χ4v) is 5.46. The zero-order chi connectivity index (χ0) is 22.9. The van der Waals surface area contributed by atoms with E-state index < -0.39 is 15.6 Å². The van der Waals surface area contributed by atoms with E-state index in [0.717, 1.165) is 18.4 Å². The highest BCUT2D eigenvalue weighted by atomic mass is 32.2. The summed E-state index contributed by atoms with van der Waals surface area (Å²) >= 11 is 0. The van der Waals surface area contributed by atoms with Crippen LogP contribution in [-0.4, -0.2) is 47.6 Å². The summed E-state index contributed by atoms with van der Waals surface area (Å²) in [6.07, 6.45) is 1.84. The van der Waals surface area contributed by atoms with Gasteiger partial charge < -0.3 is 9.88 Å². The first-order valence-electron chi connectivity index (χ1n) is 10.9. The smallest absolute Gasteiger partial charge is 0.255 e. The minimum Gasteiger partial charge on any atom is -0.331 e. The number of aromatic nitrogens is 1. The van der Waals surface area contributed by atoms with E-state index in [0.29, 0.717) is 30.5 Å². The van der Waals surface area contributed by atoms with Crippen LogP contribution in [0.1, 0.15) is 42.6 Å². The molecule has 0 bridgehead atoms. The lowest BCUT2D eigenvalue weighted by molar-refractivity contribution is 0.0731. The van der Waals surface area contributed by atoms with Crippen LogP contribution in [0.15, 0.2) is 64.3 Å². The Hall–Kier alpha value is -2.97. The molecule has 168 valence electrons. The number of aromatic amines is 1. The number of amides is 1. The maximum absolute atomic E-state index is 13.6. The molecular formula is C24H27N3O4S. The van der Waals surface area contributed by atoms with Crippen molar-refractivity contribution < 1.29 is 13.2 Å². The van der Waals surface area contributed by atoms with Crippen LogP contribution in [0.4, 0.5) is 0 Å². The zero-order valence-corrected chi connectivity index (χ0v) is 19.1. The number of carbonyl (C=O) groups excluding carboxylic acids is 1. The lowest BCUT2D eigenvalue weighted by Crippen LogP contribution is -2.33. The molecule has 1 aromatic heterocycles. The van der Waals surface area contributed by atoms with Gasteiger partial charge in [0.1, 0.15) is 0 Å². The molecule has 0 saturated heterocycles. The Kier molecular flexibility index (Phi) is 6.17. The van der Waals surface area contributed by atoms with E-state index in [9.17, 15) is 18.0 Å². The fourth-order valence-electron chi connectivity index (χ4n) is 3.97. The van der Waals surface area contributed by atoms with Gasteiger partial charge >= 0.3 is 0 Å². The van der Waals surface area contributed by atoms with Crippen LogP contribution in [0.25, 0.3) is 10.9 Å². The van der Waals surface area contributed by atoms with Crippen molar-refractivity contribution in [3.63, 3.8) is 0 Å². The number of rotatable bonds is 8. The summed E-state index contributed by atoms with van der Waals surface area (Å²) in [6.45, 7) is 4.70. The van der Waals surface area contributed by atoms with Gasteiger partial charge in [-0.3, -0.25) is 9.59 Å². The summed E-state index contributed by atoms with van der Waals surface area (Å²) in [7, 11) is -3.70. The fraction of sp³-hybridized carbons (Fsp3) is 0.333. The predicted octanol–water partition coefficient (Wildman–Crippen LogP) is 3.36. The van der Waals surface area contributed by atoms with Gasteiger partial charge in [-0.25, -0.2) is 8.42 Å². The van der Waals surface area contributed by atoms with Crippen molar-refractivity contribution in [1.82, 2.24) is 14.2 Å². The molecule has 0 atom stereocenters. The van der Waals surface area contributed by atoms with Gasteiger partial charge in [0.15, 0.2) is 0 Å². The lowest BCUT2D eigenvalue weighted by Gasteiger charge is -2.23. The van der Waals surface area contributed by atoms with Crippen molar-refractivity contribution in [2.24, 2.45) is 0 Å². The first-order chi connectivity index (χ1) is 15.3. The molecule has 0 aliphatic heterocycles. The van der Waals surface area contributed by atoms with Crippen LogP contribution in [0.2, 0.25) is 0 Å². The van der Waals surface area contributed by atoms with Gasteiger partial charge in [0.2, 0.25) is 15.6 Å². The number of carbonyl (C=O) groups is 1. The summed E-state index contributed by atoms with van der Waals surface area (Å²) in [4.78, 5) is 30.5. The Morgan fingerprint density at radius 1 is 1.03 bits per heavy atom. The highest BCUT2D eigenvalue weighted by Gasteiger charge is 2.34. The van der Waals surface area contributed by atoms with E-state index in [4.69, 9.17) is 0 Å². The largest absolute Gasteiger partial charge is 0.331 e. The maximum Gasteiger partial charge on any atom is 0.255 e. The molecule has 1 aliphatic rings. The molecule has 1 saturated carbocycles. The van der Waals surface area contributed by atoms with Gasteiger partial charge in [0.05, 0.1) is 10.5 Å². The molecule has 0 radical (unpaired) electrons. The highest BCUT2D eigenvalue weighted by Crippen LogP contribution is 2.31. The minimum absolute atomic E-state index is 0.107. The quantitative estimate of drug-likeness (QED) is 0.566. The van der Waals surface area contributed by atoms with Gasteiger partial charge in [-0.05, 0) is 36.6 Å². The van der Waals surface area contributed by atoms with Crippen molar-refractivity contribution >= 4 is 26.8 Å². The molecule has 1 aliphatic carbocycles. The number of sulfonamides is 1. The average Bonchev–Trinajstić information content (AvgIpc) is 3.62. The number of benzene rings is 2. The summed E-state index contributed by atoms with van der Waals surface area (Å²) in [6, 6.07) is 15.6. The van der Waals surface area contributed by atoms with Crippen molar-refractivity contribution in [3.05, 3.63) is 76.1 Å². The number of hydrogen-bond donors (Lipinski definition) is 1. The average molecular weight is 454 g/mol. The lowest BCUT2D eigenvalue weighted by atomic mass is 10.1. The third-order valence-electron chi connectivity index (χ3n) is 5.83. The van der Waals surface area contributed by atoms with Crippen LogP contribution in [0.5, 0.6) is 0 Å². The second kappa shape index (κ2) is 8.88. The van der Waals surface area contributed by atoms with Crippen LogP contribution in [-0.2, 0) is 16.6 Å². The number of nitrogens with one attached hydrogen (secondary N) is 1. The molecule has 4 rings (SSSR count). The molecule has 1 N–H and O–H groups in total. The van der Waals surface area contributed by atoms with Crippen LogP contribution in [0.3, 0.4) is 0 Å². The molecule has 1 heterocycles. The molecule has 32 heavy (non-hydrogen) atoms. The number of pyridine rings is 1. The minimum atomic E-state index is -3.70. The van der Waals surface area contributed by atoms with E-state index in [1.165, 1.54) is 22.5 Å². The second-order valence-corrected chi connectivity index (χ2v) is 9.93. The second-order valence-electron chi connectivity index (χ2n) is 7.99. The topological polar surface area (TPSA) is 90.5 Å². The molecule has 2 aromatic carbocycles. The van der Waals surface area contributed by atoms with Crippen LogP contribution < -0.4 is 5.56 Å². The monoisotopic (exact) mass is 453 g/mol. The number of nitrogens with zero attached hydrogens (tertiary/aromatic N) is 2. The third kappa shape index (κ3) is 4.33. The Morgan fingerprint density at radius 2 is 1.72 bits per heavy atom. The van der Waals surface area contributed by atoms with Crippen molar-refractivity contribution in [2.75, 3.05) is 13.1 Å². The molecule has 1 amide bonds. The maximum atomic E-state index is 13.6. The van der Waals surface area contributed by atoms with Crippen LogP contribution >= 0.6 is 0 Å². The molecule has 0 spiro atoms. The van der Waals surface area contributed by atoms with E-state index in [1.807, 2.05) is 30.3 Å². The number of hydrogen-bond acceptors (Lipinski definition) is 4. The summed E-state index contributed by atoms with van der Waals surface area (Å²) in [5.74, 6) is -0.259. The van der Waals surface area contributed by atoms with Gasteiger partial charge in [0, 0.05) is 42.6 Å². The molecular weight excluding hydrogens is 426 g/mol. The highest BCUT2D eigenvalue weighted by molar-refractivity contribution is 7.89. The van der Waals surface area contributed by atoms with Gasteiger partial charge in [-0.15, -0.1) is 0 Å². The van der Waals surface area contributed by atoms with E-state index in [-0.39, 0.29) is 22.4 Å². The SMILES string of the molecule is CCN(CC)S(=O)(=O)c1ccc2[nH]c(=O)cc(C(=O)N(Cc3ccccc3)C3CC3)c2c1. The van der Waals surface area contributed by atoms with E-state index in [2.05, 4.69) is 4.98 Å². The van der Waals surface area contributed by atoms with Gasteiger partial charge in [-0.2, -0.15) is 4.31 Å². The molecule has 3 aromatic rings. The number of fused-ring (bicyclic) bond motifs is 1. The predicted molar refractivity (Wildman–Crippen MR) is 124 cm³/mol. The zero-order valence-electron chi connectivity index (χ0n) is 18.2. The van der Waals surface area contributed by atoms with Gasteiger partial charge in [-0.1, -0.05) is 44.2 Å². The summed E-state index contributed by atoms with van der Waals surface area (Å²) in [5, 5.41) is 0.432. The van der Waals surface area contributed by atoms with E-state index >= 15 is 0 Å². The molecule has 1 fully saturated rings. The van der Waals surface area contributed by atoms with Crippen molar-refractivity contribution in [3.8, 4) is 0 Å². The number of H-pyrrole nitrogens is 1. The van der Waals surface area contributed by atoms with Crippen molar-refractivity contribution in [2.45, 2.75) is 44.2 Å². The Bertz CT molecular complexity index is 1290. The molecule has 7 nitrogen and oxygen atoms in total. The summed E-state index contributed by atoms with van der Waals surface area (Å²) < 4.78 is 27.4. The first-order valence-corrected chi connectivity index (χ1v) is 12.3. The Labute approximate surface area is 187 Å². The third-order valence-corrected chi connectivity index (χ3v) is 7.88. The van der Waals surface area contributed by atoms with Crippen LogP contribution in [0, 0.1) is 0 Å².